The first kappa shape index (κ1) is 14.2. The number of thioether (sulfide) groups is 1. The lowest BCUT2D eigenvalue weighted by molar-refractivity contribution is 0.102. The number of carbonyl (C=O) groups excluding carboxylic acids is 1. The van der Waals surface area contributed by atoms with E-state index in [0.29, 0.717) is 36.0 Å². The lowest BCUT2D eigenvalue weighted by atomic mass is 10.1. The van der Waals surface area contributed by atoms with Crippen molar-refractivity contribution in [3.05, 3.63) is 23.8 Å². The smallest absolute Gasteiger partial charge is 0.206 e. The van der Waals surface area contributed by atoms with E-state index in [1.165, 1.54) is 23.1 Å². The lowest BCUT2D eigenvalue weighted by Gasteiger charge is -2.18. The van der Waals surface area contributed by atoms with Crippen LogP contribution in [0.2, 0.25) is 0 Å². The first-order valence-electron chi connectivity index (χ1n) is 6.33. The molecule has 0 radical (unpaired) electrons. The van der Waals surface area contributed by atoms with Gasteiger partial charge in [0, 0.05) is 12.6 Å². The highest BCUT2D eigenvalue weighted by Crippen LogP contribution is 2.32. The van der Waals surface area contributed by atoms with Crippen molar-refractivity contribution in [2.24, 2.45) is 0 Å². The summed E-state index contributed by atoms with van der Waals surface area (Å²) in [6.45, 7) is 1.05. The van der Waals surface area contributed by atoms with Crippen molar-refractivity contribution in [3.8, 4) is 11.5 Å². The highest BCUT2D eigenvalue weighted by Gasteiger charge is 2.15. The van der Waals surface area contributed by atoms with Gasteiger partial charge in [-0.2, -0.15) is 0 Å². The second kappa shape index (κ2) is 6.31. The molecule has 0 aliphatic carbocycles. The van der Waals surface area contributed by atoms with E-state index < -0.39 is 0 Å². The van der Waals surface area contributed by atoms with Gasteiger partial charge in [-0.15, -0.1) is 10.2 Å². The molecule has 6 nitrogen and oxygen atoms in total. The maximum atomic E-state index is 12.2. The number of hydrogen-bond donors (Lipinski definition) is 1. The molecule has 2 aromatic rings. The van der Waals surface area contributed by atoms with E-state index in [-0.39, 0.29) is 5.78 Å². The Morgan fingerprint density at radius 1 is 1.33 bits per heavy atom. The Morgan fingerprint density at radius 2 is 2.14 bits per heavy atom. The van der Waals surface area contributed by atoms with E-state index in [2.05, 4.69) is 15.5 Å². The summed E-state index contributed by atoms with van der Waals surface area (Å²) < 4.78 is 11.7. The number of anilines is 1. The zero-order valence-electron chi connectivity index (χ0n) is 11.3. The highest BCUT2D eigenvalue weighted by atomic mass is 32.2. The van der Waals surface area contributed by atoms with E-state index in [1.54, 1.807) is 25.2 Å². The van der Waals surface area contributed by atoms with Gasteiger partial charge in [-0.25, -0.2) is 0 Å². The number of fused-ring (bicyclic) bond motifs is 1. The van der Waals surface area contributed by atoms with E-state index in [1.807, 2.05) is 0 Å². The second-order valence-corrected chi connectivity index (χ2v) is 6.39. The maximum Gasteiger partial charge on any atom is 0.206 e. The molecular weight excluding hydrogens is 310 g/mol. The molecule has 1 aliphatic rings. The Labute approximate surface area is 129 Å². The first-order valence-corrected chi connectivity index (χ1v) is 8.13. The number of benzene rings is 1. The first-order chi connectivity index (χ1) is 10.3. The topological polar surface area (TPSA) is 73.3 Å². The van der Waals surface area contributed by atoms with Crippen LogP contribution in [-0.4, -0.2) is 42.0 Å². The number of Topliss-reactive ketones (excluding diaryl/α,β-unsaturated/α-hetero) is 1. The number of ether oxygens (including phenoxy) is 2. The van der Waals surface area contributed by atoms with Crippen LogP contribution >= 0.6 is 23.1 Å². The van der Waals surface area contributed by atoms with Crippen molar-refractivity contribution in [1.29, 1.82) is 0 Å². The number of nitrogens with one attached hydrogen (secondary N) is 1. The summed E-state index contributed by atoms with van der Waals surface area (Å²) in [6, 6.07) is 5.27. The average Bonchev–Trinajstić information content (AvgIpc) is 3.00. The van der Waals surface area contributed by atoms with Crippen LogP contribution in [0.3, 0.4) is 0 Å². The summed E-state index contributed by atoms with van der Waals surface area (Å²) in [4.78, 5) is 12.2. The van der Waals surface area contributed by atoms with E-state index >= 15 is 0 Å². The predicted molar refractivity (Wildman–Crippen MR) is 81.9 cm³/mol. The second-order valence-electron chi connectivity index (χ2n) is 4.19. The van der Waals surface area contributed by atoms with Crippen molar-refractivity contribution < 1.29 is 14.3 Å². The van der Waals surface area contributed by atoms with Gasteiger partial charge in [0.25, 0.3) is 0 Å². The molecule has 1 aromatic heterocycles. The fourth-order valence-electron chi connectivity index (χ4n) is 1.80. The highest BCUT2D eigenvalue weighted by molar-refractivity contribution is 8.01. The number of hydrogen-bond acceptors (Lipinski definition) is 8. The molecule has 0 amide bonds. The summed E-state index contributed by atoms with van der Waals surface area (Å²) in [6.07, 6.45) is 0. The van der Waals surface area contributed by atoms with Crippen LogP contribution in [0.25, 0.3) is 0 Å². The molecule has 1 aliphatic heterocycles. The minimum atomic E-state index is 0.0261. The Balaban J connectivity index is 1.65. The number of rotatable bonds is 5. The summed E-state index contributed by atoms with van der Waals surface area (Å²) >= 11 is 2.81. The van der Waals surface area contributed by atoms with Gasteiger partial charge in [-0.3, -0.25) is 4.79 Å². The van der Waals surface area contributed by atoms with Crippen LogP contribution in [0.5, 0.6) is 11.5 Å². The van der Waals surface area contributed by atoms with Gasteiger partial charge in [0.05, 0.1) is 5.75 Å². The molecule has 0 saturated carbocycles. The normalized spacial score (nSPS) is 13.0. The summed E-state index contributed by atoms with van der Waals surface area (Å²) in [5.74, 6) is 1.66. The van der Waals surface area contributed by atoms with Crippen molar-refractivity contribution in [2.75, 3.05) is 31.3 Å². The van der Waals surface area contributed by atoms with Crippen LogP contribution < -0.4 is 14.8 Å². The molecule has 0 atom stereocenters. The third-order valence-corrected chi connectivity index (χ3v) is 4.89. The standard InChI is InChI=1S/C13H13N3O3S2/c1-14-12-15-16-13(21-12)20-7-9(17)8-2-3-10-11(6-8)19-5-4-18-10/h2-3,6H,4-5,7H2,1H3,(H,14,15). The third kappa shape index (κ3) is 3.27. The molecule has 1 aromatic carbocycles. The van der Waals surface area contributed by atoms with Gasteiger partial charge in [0.1, 0.15) is 13.2 Å². The zero-order valence-corrected chi connectivity index (χ0v) is 12.9. The fraction of sp³-hybridized carbons (Fsp3) is 0.308. The Kier molecular flexibility index (Phi) is 4.26. The van der Waals surface area contributed by atoms with Crippen molar-refractivity contribution >= 4 is 34.0 Å². The van der Waals surface area contributed by atoms with Gasteiger partial charge >= 0.3 is 0 Å². The average molecular weight is 323 g/mol. The fourth-order valence-corrected chi connectivity index (χ4v) is 3.40. The summed E-state index contributed by atoms with van der Waals surface area (Å²) in [5, 5.41) is 11.6. The van der Waals surface area contributed by atoms with Gasteiger partial charge in [-0.1, -0.05) is 23.1 Å². The minimum absolute atomic E-state index is 0.0261. The molecule has 0 unspecified atom stereocenters. The molecule has 0 saturated heterocycles. The van der Waals surface area contributed by atoms with Crippen LogP contribution in [-0.2, 0) is 0 Å². The largest absolute Gasteiger partial charge is 0.486 e. The molecule has 8 heteroatoms. The predicted octanol–water partition coefficient (Wildman–Crippen LogP) is 2.33. The van der Waals surface area contributed by atoms with Crippen LogP contribution in [0.4, 0.5) is 5.13 Å². The van der Waals surface area contributed by atoms with Crippen molar-refractivity contribution in [1.82, 2.24) is 10.2 Å². The number of aromatic nitrogens is 2. The van der Waals surface area contributed by atoms with E-state index in [0.717, 1.165) is 9.47 Å². The monoisotopic (exact) mass is 323 g/mol. The van der Waals surface area contributed by atoms with E-state index in [9.17, 15) is 4.79 Å². The Bertz CT molecular complexity index is 660. The van der Waals surface area contributed by atoms with Gasteiger partial charge in [0.15, 0.2) is 21.6 Å². The van der Waals surface area contributed by atoms with Crippen LogP contribution in [0.15, 0.2) is 22.5 Å². The van der Waals surface area contributed by atoms with E-state index in [4.69, 9.17) is 9.47 Å². The van der Waals surface area contributed by atoms with Gasteiger partial charge in [0.2, 0.25) is 5.13 Å². The minimum Gasteiger partial charge on any atom is -0.486 e. The van der Waals surface area contributed by atoms with Gasteiger partial charge in [-0.05, 0) is 18.2 Å². The number of carbonyl (C=O) groups is 1. The summed E-state index contributed by atoms with van der Waals surface area (Å²) in [7, 11) is 1.79. The molecule has 0 bridgehead atoms. The quantitative estimate of drug-likeness (QED) is 0.668. The Morgan fingerprint density at radius 3 is 2.90 bits per heavy atom. The zero-order chi connectivity index (χ0) is 14.7. The molecule has 1 N–H and O–H groups in total. The lowest BCUT2D eigenvalue weighted by Crippen LogP contribution is -2.16. The Hall–Kier alpha value is -1.80. The molecule has 3 rings (SSSR count). The van der Waals surface area contributed by atoms with Gasteiger partial charge < -0.3 is 14.8 Å². The molecular formula is C13H13N3O3S2. The molecule has 0 fully saturated rings. The molecule has 2 heterocycles. The molecule has 0 spiro atoms. The van der Waals surface area contributed by atoms with Crippen LogP contribution in [0.1, 0.15) is 10.4 Å². The SMILES string of the molecule is CNc1nnc(SCC(=O)c2ccc3c(c2)OCCO3)s1. The molecule has 21 heavy (non-hydrogen) atoms. The van der Waals surface area contributed by atoms with Crippen molar-refractivity contribution in [2.45, 2.75) is 4.34 Å². The number of nitrogens with zero attached hydrogens (tertiary/aromatic N) is 2. The maximum absolute atomic E-state index is 12.2. The van der Waals surface area contributed by atoms with Crippen molar-refractivity contribution in [3.63, 3.8) is 0 Å². The third-order valence-electron chi connectivity index (χ3n) is 2.81. The van der Waals surface area contributed by atoms with Crippen LogP contribution in [0, 0.1) is 0 Å². The molecule has 110 valence electrons. The number of ketones is 1. The summed E-state index contributed by atoms with van der Waals surface area (Å²) in [5.41, 5.74) is 0.616.